The van der Waals surface area contributed by atoms with Gasteiger partial charge in [0.15, 0.2) is 0 Å². The van der Waals surface area contributed by atoms with Gasteiger partial charge in [-0.3, -0.25) is 4.79 Å². The van der Waals surface area contributed by atoms with E-state index in [0.29, 0.717) is 29.1 Å². The molecule has 5 nitrogen and oxygen atoms in total. The van der Waals surface area contributed by atoms with Crippen molar-refractivity contribution in [2.45, 2.75) is 115 Å². The molecule has 182 valence electrons. The molecule has 0 radical (unpaired) electrons. The second kappa shape index (κ2) is 6.59. The van der Waals surface area contributed by atoms with Crippen LogP contribution in [0.4, 0.5) is 0 Å². The van der Waals surface area contributed by atoms with E-state index in [2.05, 4.69) is 32.6 Å². The van der Waals surface area contributed by atoms with Gasteiger partial charge in [0.2, 0.25) is 5.91 Å². The number of likely N-dealkylation sites (tertiary alicyclic amines) is 1. The highest BCUT2D eigenvalue weighted by Crippen LogP contribution is 2.66. The Balaban J connectivity index is 1.10. The van der Waals surface area contributed by atoms with Crippen molar-refractivity contribution in [3.8, 4) is 0 Å². The summed E-state index contributed by atoms with van der Waals surface area (Å²) < 4.78 is 13.4. The summed E-state index contributed by atoms with van der Waals surface area (Å²) in [6.45, 7) is 10.1. The molecule has 1 N–H and O–H groups in total. The predicted molar refractivity (Wildman–Crippen MR) is 126 cm³/mol. The molecule has 0 aromatic rings. The van der Waals surface area contributed by atoms with Crippen LogP contribution in [0.25, 0.3) is 0 Å². The minimum absolute atomic E-state index is 0.00826. The summed E-state index contributed by atoms with van der Waals surface area (Å²) in [7, 11) is -0.283. The number of carbonyl (C=O) groups is 1. The highest BCUT2D eigenvalue weighted by molar-refractivity contribution is 6.48. The molecule has 2 heterocycles. The van der Waals surface area contributed by atoms with Crippen LogP contribution in [0, 0.1) is 40.4 Å². The standard InChI is InChI=1S/C27H42BNO4/c1-16(26-11-17-8-18(12-26)14-27(31,13-17)15-26)23(30)29-7-5-6-22(29)28-32-21-10-19-9-20(24(19,2)3)25(21,4)33-28/h16-22,31H,5-15H2,1-4H3/t16-,17?,18?,19?,20?,21-,22+,25+,26?,27?/m1/s1. The van der Waals surface area contributed by atoms with E-state index in [1.807, 2.05) is 0 Å². The summed E-state index contributed by atoms with van der Waals surface area (Å²) in [5.41, 5.74) is -0.402. The van der Waals surface area contributed by atoms with Crippen LogP contribution in [0.5, 0.6) is 0 Å². The van der Waals surface area contributed by atoms with Gasteiger partial charge in [-0.1, -0.05) is 20.8 Å². The number of carbonyl (C=O) groups excluding carboxylic acids is 1. The average molecular weight is 455 g/mol. The van der Waals surface area contributed by atoms with Gasteiger partial charge in [-0.05, 0) is 106 Å². The Bertz CT molecular complexity index is 862. The number of hydrogen-bond acceptors (Lipinski definition) is 4. The molecule has 33 heavy (non-hydrogen) atoms. The third-order valence-electron chi connectivity index (χ3n) is 12.2. The zero-order valence-electron chi connectivity index (χ0n) is 21.0. The molecule has 4 unspecified atom stereocenters. The molecule has 2 saturated heterocycles. The van der Waals surface area contributed by atoms with Gasteiger partial charge >= 0.3 is 7.12 Å². The first-order valence-corrected chi connectivity index (χ1v) is 13.9. The van der Waals surface area contributed by atoms with Crippen LogP contribution < -0.4 is 0 Å². The van der Waals surface area contributed by atoms with Gasteiger partial charge in [0, 0.05) is 12.5 Å². The second-order valence-corrected chi connectivity index (χ2v) is 14.3. The maximum Gasteiger partial charge on any atom is 0.481 e. The van der Waals surface area contributed by atoms with E-state index < -0.39 is 5.60 Å². The summed E-state index contributed by atoms with van der Waals surface area (Å²) in [5, 5.41) is 11.2. The lowest BCUT2D eigenvalue weighted by Crippen LogP contribution is -2.65. The molecule has 1 amide bonds. The fourth-order valence-corrected chi connectivity index (χ4v) is 10.7. The Labute approximate surface area is 199 Å². The van der Waals surface area contributed by atoms with Crippen LogP contribution in [0.15, 0.2) is 0 Å². The van der Waals surface area contributed by atoms with Gasteiger partial charge in [-0.25, -0.2) is 0 Å². The van der Waals surface area contributed by atoms with E-state index in [0.717, 1.165) is 63.8 Å². The van der Waals surface area contributed by atoms with E-state index in [1.54, 1.807) is 0 Å². The van der Waals surface area contributed by atoms with Crippen LogP contribution in [0.1, 0.15) is 91.9 Å². The molecule has 9 aliphatic rings. The predicted octanol–water partition coefficient (Wildman–Crippen LogP) is 4.21. The van der Waals surface area contributed by atoms with Gasteiger partial charge < -0.3 is 19.3 Å². The molecule has 7 aliphatic carbocycles. The van der Waals surface area contributed by atoms with E-state index >= 15 is 0 Å². The second-order valence-electron chi connectivity index (χ2n) is 14.3. The van der Waals surface area contributed by atoms with Crippen molar-refractivity contribution in [1.82, 2.24) is 4.90 Å². The topological polar surface area (TPSA) is 59.0 Å². The lowest BCUT2D eigenvalue weighted by molar-refractivity contribution is -0.199. The summed E-state index contributed by atoms with van der Waals surface area (Å²) in [6, 6.07) is 0. The smallest absolute Gasteiger partial charge is 0.404 e. The lowest BCUT2D eigenvalue weighted by Gasteiger charge is -2.64. The van der Waals surface area contributed by atoms with Crippen LogP contribution in [0.2, 0.25) is 0 Å². The molecule has 6 bridgehead atoms. The Morgan fingerprint density at radius 1 is 1.09 bits per heavy atom. The van der Waals surface area contributed by atoms with Crippen LogP contribution in [-0.4, -0.2) is 52.8 Å². The Morgan fingerprint density at radius 3 is 2.48 bits per heavy atom. The molecule has 0 aromatic carbocycles. The molecular weight excluding hydrogens is 413 g/mol. The van der Waals surface area contributed by atoms with E-state index in [1.165, 1.54) is 12.8 Å². The van der Waals surface area contributed by atoms with Crippen molar-refractivity contribution in [2.75, 3.05) is 6.54 Å². The SMILES string of the molecule is C[C@H](C(=O)N1CCC[C@H]1B1O[C@@H]2CC3CC(C3(C)C)[C@]2(C)O1)C12CC3CC(CC(O)(C3)C1)C2. The average Bonchev–Trinajstić information content (AvgIpc) is 3.34. The van der Waals surface area contributed by atoms with E-state index in [-0.39, 0.29) is 36.1 Å². The molecule has 7 saturated carbocycles. The normalized spacial score (nSPS) is 54.3. The molecule has 9 rings (SSSR count). The Kier molecular flexibility index (Phi) is 4.33. The Morgan fingerprint density at radius 2 is 1.82 bits per heavy atom. The van der Waals surface area contributed by atoms with Crippen molar-refractivity contribution in [2.24, 2.45) is 40.4 Å². The van der Waals surface area contributed by atoms with Crippen LogP contribution in [0.3, 0.4) is 0 Å². The highest BCUT2D eigenvalue weighted by Gasteiger charge is 2.69. The van der Waals surface area contributed by atoms with Crippen molar-refractivity contribution < 1.29 is 19.2 Å². The van der Waals surface area contributed by atoms with E-state index in [9.17, 15) is 9.90 Å². The number of rotatable bonds is 3. The highest BCUT2D eigenvalue weighted by atomic mass is 16.7. The number of amides is 1. The molecule has 9 fully saturated rings. The van der Waals surface area contributed by atoms with Gasteiger partial charge in [0.25, 0.3) is 0 Å². The van der Waals surface area contributed by atoms with Gasteiger partial charge in [-0.15, -0.1) is 0 Å². The first kappa shape index (κ1) is 21.7. The zero-order valence-corrected chi connectivity index (χ0v) is 21.0. The van der Waals surface area contributed by atoms with Crippen molar-refractivity contribution in [3.05, 3.63) is 0 Å². The van der Waals surface area contributed by atoms with Crippen molar-refractivity contribution in [3.63, 3.8) is 0 Å². The third-order valence-corrected chi connectivity index (χ3v) is 12.2. The molecule has 6 heteroatoms. The monoisotopic (exact) mass is 455 g/mol. The maximum atomic E-state index is 14.0. The number of nitrogens with zero attached hydrogens (tertiary/aromatic N) is 1. The fourth-order valence-electron chi connectivity index (χ4n) is 10.7. The van der Waals surface area contributed by atoms with Gasteiger partial charge in [0.05, 0.1) is 23.2 Å². The third kappa shape index (κ3) is 2.81. The first-order chi connectivity index (χ1) is 15.5. The molecular formula is C27H42BNO4. The largest absolute Gasteiger partial charge is 0.481 e. The summed E-state index contributed by atoms with van der Waals surface area (Å²) in [5.74, 6) is 2.82. The zero-order chi connectivity index (χ0) is 23.0. The molecule has 8 atom stereocenters. The minimum Gasteiger partial charge on any atom is -0.404 e. The van der Waals surface area contributed by atoms with Crippen LogP contribution in [-0.2, 0) is 14.1 Å². The maximum absolute atomic E-state index is 14.0. The van der Waals surface area contributed by atoms with Gasteiger partial charge in [0.1, 0.15) is 0 Å². The Hall–Kier alpha value is -0.585. The van der Waals surface area contributed by atoms with Gasteiger partial charge in [-0.2, -0.15) is 0 Å². The van der Waals surface area contributed by atoms with Crippen molar-refractivity contribution >= 4 is 13.0 Å². The summed E-state index contributed by atoms with van der Waals surface area (Å²) in [6.07, 6.45) is 10.8. The molecule has 0 spiro atoms. The number of aliphatic hydroxyl groups is 1. The lowest BCUT2D eigenvalue weighted by atomic mass is 9.43. The number of hydrogen-bond donors (Lipinski definition) is 1. The van der Waals surface area contributed by atoms with E-state index in [4.69, 9.17) is 9.31 Å². The summed E-state index contributed by atoms with van der Waals surface area (Å²) >= 11 is 0. The molecule has 2 aliphatic heterocycles. The first-order valence-electron chi connectivity index (χ1n) is 13.9. The molecule has 0 aromatic heterocycles. The van der Waals surface area contributed by atoms with Crippen LogP contribution >= 0.6 is 0 Å². The quantitative estimate of drug-likeness (QED) is 0.648. The summed E-state index contributed by atoms with van der Waals surface area (Å²) in [4.78, 5) is 16.2. The fraction of sp³-hybridized carbons (Fsp3) is 0.963. The minimum atomic E-state index is -0.515. The van der Waals surface area contributed by atoms with Crippen molar-refractivity contribution in [1.29, 1.82) is 0 Å².